The van der Waals surface area contributed by atoms with Crippen molar-refractivity contribution in [3.63, 3.8) is 0 Å². The molecule has 2 aromatic rings. The largest absolute Gasteiger partial charge is 0.450 e. The van der Waals surface area contributed by atoms with Crippen LogP contribution in [0.3, 0.4) is 0 Å². The number of rotatable bonds is 4. The lowest BCUT2D eigenvalue weighted by atomic mass is 10.2. The van der Waals surface area contributed by atoms with Crippen molar-refractivity contribution in [2.24, 2.45) is 5.73 Å². The number of nitrogens with two attached hydrogens (primary N) is 1. The van der Waals surface area contributed by atoms with Crippen molar-refractivity contribution in [2.45, 2.75) is 19.4 Å². The third-order valence-corrected chi connectivity index (χ3v) is 3.39. The fraction of sp³-hybridized carbons (Fsp3) is 0.308. The van der Waals surface area contributed by atoms with Crippen LogP contribution in [-0.4, -0.2) is 18.5 Å². The van der Waals surface area contributed by atoms with E-state index in [1.807, 2.05) is 25.1 Å². The van der Waals surface area contributed by atoms with E-state index in [4.69, 9.17) is 10.2 Å². The highest BCUT2D eigenvalue weighted by molar-refractivity contribution is 9.10. The van der Waals surface area contributed by atoms with Crippen molar-refractivity contribution in [3.05, 3.63) is 34.5 Å². The Morgan fingerprint density at radius 3 is 3.00 bits per heavy atom. The van der Waals surface area contributed by atoms with Gasteiger partial charge in [0.05, 0.1) is 4.47 Å². The molecule has 0 fully saturated rings. The lowest BCUT2D eigenvalue weighted by molar-refractivity contribution is 0.0925. The molecule has 1 heterocycles. The number of furan rings is 1. The van der Waals surface area contributed by atoms with Crippen LogP contribution in [0.1, 0.15) is 23.9 Å². The molecule has 0 aliphatic heterocycles. The van der Waals surface area contributed by atoms with E-state index in [0.717, 1.165) is 16.3 Å². The van der Waals surface area contributed by atoms with Crippen LogP contribution in [0.4, 0.5) is 0 Å². The first-order valence-electron chi connectivity index (χ1n) is 5.83. The molecule has 1 unspecified atom stereocenters. The normalized spacial score (nSPS) is 12.6. The van der Waals surface area contributed by atoms with Gasteiger partial charge in [0, 0.05) is 18.0 Å². The zero-order chi connectivity index (χ0) is 13.1. The highest BCUT2D eigenvalue weighted by Gasteiger charge is 2.13. The number of fused-ring (bicyclic) bond motifs is 1. The van der Waals surface area contributed by atoms with Crippen LogP contribution in [0.25, 0.3) is 11.0 Å². The highest BCUT2D eigenvalue weighted by atomic mass is 79.9. The molecule has 1 atom stereocenters. The second kappa shape index (κ2) is 5.54. The molecule has 2 rings (SSSR count). The summed E-state index contributed by atoms with van der Waals surface area (Å²) in [6.45, 7) is 2.43. The second-order valence-electron chi connectivity index (χ2n) is 4.15. The van der Waals surface area contributed by atoms with E-state index >= 15 is 0 Å². The lowest BCUT2D eigenvalue weighted by Gasteiger charge is -2.08. The van der Waals surface area contributed by atoms with E-state index in [9.17, 15) is 4.79 Å². The Bertz CT molecular complexity index is 565. The number of carbonyl (C=O) groups excluding carboxylic acids is 1. The van der Waals surface area contributed by atoms with Gasteiger partial charge in [0.15, 0.2) is 5.76 Å². The number of hydrogen-bond donors (Lipinski definition) is 2. The summed E-state index contributed by atoms with van der Waals surface area (Å²) >= 11 is 3.39. The van der Waals surface area contributed by atoms with Gasteiger partial charge in [-0.3, -0.25) is 4.79 Å². The van der Waals surface area contributed by atoms with Crippen molar-refractivity contribution in [1.29, 1.82) is 0 Å². The van der Waals surface area contributed by atoms with E-state index in [1.54, 1.807) is 6.07 Å². The van der Waals surface area contributed by atoms with Gasteiger partial charge in [-0.15, -0.1) is 0 Å². The molecule has 0 bridgehead atoms. The Morgan fingerprint density at radius 1 is 1.56 bits per heavy atom. The summed E-state index contributed by atoms with van der Waals surface area (Å²) in [6.07, 6.45) is 0.825. The van der Waals surface area contributed by atoms with Crippen LogP contribution in [-0.2, 0) is 0 Å². The van der Waals surface area contributed by atoms with Crippen molar-refractivity contribution >= 4 is 32.8 Å². The van der Waals surface area contributed by atoms with Gasteiger partial charge in [-0.25, -0.2) is 0 Å². The summed E-state index contributed by atoms with van der Waals surface area (Å²) in [4.78, 5) is 11.9. The first-order chi connectivity index (χ1) is 8.61. The molecule has 0 saturated heterocycles. The maximum atomic E-state index is 11.9. The highest BCUT2D eigenvalue weighted by Crippen LogP contribution is 2.26. The molecule has 0 aliphatic carbocycles. The van der Waals surface area contributed by atoms with Crippen LogP contribution >= 0.6 is 15.9 Å². The number of carbonyl (C=O) groups is 1. The first kappa shape index (κ1) is 13.1. The van der Waals surface area contributed by atoms with Gasteiger partial charge in [-0.1, -0.05) is 19.1 Å². The molecule has 18 heavy (non-hydrogen) atoms. The monoisotopic (exact) mass is 310 g/mol. The third-order valence-electron chi connectivity index (χ3n) is 2.77. The standard InChI is InChI=1S/C13H15BrN2O2/c1-2-9(15)7-16-13(17)11-6-8-4-3-5-10(14)12(8)18-11/h3-6,9H,2,7,15H2,1H3,(H,16,17). The number of halogens is 1. The molecular weight excluding hydrogens is 296 g/mol. The number of hydrogen-bond acceptors (Lipinski definition) is 3. The SMILES string of the molecule is CCC(N)CNC(=O)c1cc2cccc(Br)c2o1. The van der Waals surface area contributed by atoms with E-state index in [0.29, 0.717) is 17.9 Å². The third kappa shape index (κ3) is 2.73. The molecule has 0 aliphatic rings. The Hall–Kier alpha value is -1.33. The van der Waals surface area contributed by atoms with Gasteiger partial charge >= 0.3 is 0 Å². The average Bonchev–Trinajstić information content (AvgIpc) is 2.81. The summed E-state index contributed by atoms with van der Waals surface area (Å²) < 4.78 is 6.36. The Labute approximate surface area is 114 Å². The maximum Gasteiger partial charge on any atom is 0.287 e. The van der Waals surface area contributed by atoms with Gasteiger partial charge in [-0.2, -0.15) is 0 Å². The molecule has 4 nitrogen and oxygen atoms in total. The molecule has 1 aromatic carbocycles. The van der Waals surface area contributed by atoms with Crippen LogP contribution in [0.5, 0.6) is 0 Å². The predicted molar refractivity (Wildman–Crippen MR) is 74.5 cm³/mol. The van der Waals surface area contributed by atoms with Gasteiger partial charge in [-0.05, 0) is 34.5 Å². The quantitative estimate of drug-likeness (QED) is 0.912. The van der Waals surface area contributed by atoms with Crippen molar-refractivity contribution in [1.82, 2.24) is 5.32 Å². The molecule has 3 N–H and O–H groups in total. The zero-order valence-electron chi connectivity index (χ0n) is 10.1. The van der Waals surface area contributed by atoms with Crippen molar-refractivity contribution < 1.29 is 9.21 Å². The molecular formula is C13H15BrN2O2. The smallest absolute Gasteiger partial charge is 0.287 e. The predicted octanol–water partition coefficient (Wildman–Crippen LogP) is 2.66. The van der Waals surface area contributed by atoms with Gasteiger partial charge < -0.3 is 15.5 Å². The molecule has 96 valence electrons. The van der Waals surface area contributed by atoms with E-state index < -0.39 is 0 Å². The minimum atomic E-state index is -0.234. The number of amides is 1. The van der Waals surface area contributed by atoms with E-state index in [2.05, 4.69) is 21.2 Å². The second-order valence-corrected chi connectivity index (χ2v) is 5.00. The summed E-state index contributed by atoms with van der Waals surface area (Å²) in [5.41, 5.74) is 6.43. The lowest BCUT2D eigenvalue weighted by Crippen LogP contribution is -2.36. The fourth-order valence-corrected chi connectivity index (χ4v) is 2.06. The minimum absolute atomic E-state index is 0.0231. The summed E-state index contributed by atoms with van der Waals surface area (Å²) in [6, 6.07) is 7.38. The Balaban J connectivity index is 2.16. The number of benzene rings is 1. The molecule has 1 aromatic heterocycles. The zero-order valence-corrected chi connectivity index (χ0v) is 11.7. The average molecular weight is 311 g/mol. The van der Waals surface area contributed by atoms with Gasteiger partial charge in [0.25, 0.3) is 5.91 Å². The number of nitrogens with one attached hydrogen (secondary N) is 1. The summed E-state index contributed by atoms with van der Waals surface area (Å²) in [5.74, 6) is 0.0715. The van der Waals surface area contributed by atoms with Crippen LogP contribution in [0.2, 0.25) is 0 Å². The molecule has 0 spiro atoms. The van der Waals surface area contributed by atoms with Crippen molar-refractivity contribution in [3.8, 4) is 0 Å². The number of para-hydroxylation sites is 1. The minimum Gasteiger partial charge on any atom is -0.450 e. The van der Waals surface area contributed by atoms with Crippen molar-refractivity contribution in [2.75, 3.05) is 6.54 Å². The Morgan fingerprint density at radius 2 is 2.33 bits per heavy atom. The maximum absolute atomic E-state index is 11.9. The summed E-state index contributed by atoms with van der Waals surface area (Å²) in [5, 5.41) is 3.65. The van der Waals surface area contributed by atoms with Gasteiger partial charge in [0.1, 0.15) is 5.58 Å². The molecule has 0 radical (unpaired) electrons. The van der Waals surface area contributed by atoms with Gasteiger partial charge in [0.2, 0.25) is 0 Å². The van der Waals surface area contributed by atoms with Crippen LogP contribution < -0.4 is 11.1 Å². The fourth-order valence-electron chi connectivity index (χ4n) is 1.59. The van der Waals surface area contributed by atoms with Crippen LogP contribution in [0, 0.1) is 0 Å². The van der Waals surface area contributed by atoms with E-state index in [1.165, 1.54) is 0 Å². The molecule has 5 heteroatoms. The Kier molecular flexibility index (Phi) is 4.04. The van der Waals surface area contributed by atoms with E-state index in [-0.39, 0.29) is 11.9 Å². The summed E-state index contributed by atoms with van der Waals surface area (Å²) in [7, 11) is 0. The first-order valence-corrected chi connectivity index (χ1v) is 6.63. The van der Waals surface area contributed by atoms with Crippen LogP contribution in [0.15, 0.2) is 33.2 Å². The topological polar surface area (TPSA) is 68.3 Å². The molecule has 0 saturated carbocycles. The molecule has 1 amide bonds.